The molecule has 0 aliphatic rings. The molecule has 2 aromatic rings. The Labute approximate surface area is 116 Å². The molecule has 0 bridgehead atoms. The van der Waals surface area contributed by atoms with Crippen molar-refractivity contribution < 1.29 is 23.1 Å². The average Bonchev–Trinajstić information content (AvgIpc) is 2.88. The van der Waals surface area contributed by atoms with Crippen LogP contribution in [-0.2, 0) is 11.0 Å². The van der Waals surface area contributed by atoms with Gasteiger partial charge in [0.2, 0.25) is 0 Å². The van der Waals surface area contributed by atoms with Crippen molar-refractivity contribution in [1.29, 1.82) is 0 Å². The average molecular weight is 298 g/mol. The summed E-state index contributed by atoms with van der Waals surface area (Å²) in [6, 6.07) is 7.72. The molecule has 0 spiro atoms. The largest absolute Gasteiger partial charge is 0.478 e. The van der Waals surface area contributed by atoms with Crippen LogP contribution in [0.5, 0.6) is 0 Å². The first-order chi connectivity index (χ1) is 9.38. The Bertz CT molecular complexity index is 625. The van der Waals surface area contributed by atoms with Crippen molar-refractivity contribution >= 4 is 29.0 Å². The highest BCUT2D eigenvalue weighted by molar-refractivity contribution is 7.11. The van der Waals surface area contributed by atoms with Crippen molar-refractivity contribution in [3.8, 4) is 0 Å². The predicted molar refractivity (Wildman–Crippen MR) is 71.3 cm³/mol. The first kappa shape index (κ1) is 14.3. The second-order valence-corrected chi connectivity index (χ2v) is 4.91. The van der Waals surface area contributed by atoms with Gasteiger partial charge in [-0.3, -0.25) is 0 Å². The summed E-state index contributed by atoms with van der Waals surface area (Å²) in [7, 11) is 0. The fourth-order valence-electron chi connectivity index (χ4n) is 1.61. The SMILES string of the molecule is O=C(O)C(=Cc1ccc(C(F)(F)F)cc1)c1cccs1. The van der Waals surface area contributed by atoms with Crippen LogP contribution in [0.2, 0.25) is 0 Å². The van der Waals surface area contributed by atoms with Crippen LogP contribution < -0.4 is 0 Å². The quantitative estimate of drug-likeness (QED) is 0.853. The molecule has 1 aromatic heterocycles. The lowest BCUT2D eigenvalue weighted by molar-refractivity contribution is -0.137. The van der Waals surface area contributed by atoms with Gasteiger partial charge in [-0.25, -0.2) is 4.79 Å². The van der Waals surface area contributed by atoms with Crippen LogP contribution in [0.25, 0.3) is 11.6 Å². The number of halogens is 3. The lowest BCUT2D eigenvalue weighted by atomic mass is 10.1. The second-order valence-electron chi connectivity index (χ2n) is 3.96. The Morgan fingerprint density at radius 1 is 1.15 bits per heavy atom. The third-order valence-corrected chi connectivity index (χ3v) is 3.47. The van der Waals surface area contributed by atoms with Crippen LogP contribution in [0.4, 0.5) is 13.2 Å². The van der Waals surface area contributed by atoms with Gasteiger partial charge in [-0.2, -0.15) is 13.2 Å². The topological polar surface area (TPSA) is 37.3 Å². The molecule has 0 atom stereocenters. The van der Waals surface area contributed by atoms with Gasteiger partial charge in [-0.05, 0) is 35.2 Å². The number of benzene rings is 1. The van der Waals surface area contributed by atoms with Crippen LogP contribution in [0.3, 0.4) is 0 Å². The Kier molecular flexibility index (Phi) is 3.94. The molecule has 0 saturated heterocycles. The minimum Gasteiger partial charge on any atom is -0.478 e. The van der Waals surface area contributed by atoms with E-state index in [9.17, 15) is 18.0 Å². The Hall–Kier alpha value is -2.08. The zero-order valence-corrected chi connectivity index (χ0v) is 10.8. The first-order valence-corrected chi connectivity index (χ1v) is 6.42. The smallest absolute Gasteiger partial charge is 0.416 e. The molecule has 0 unspecified atom stereocenters. The number of aliphatic carboxylic acids is 1. The predicted octanol–water partition coefficient (Wildman–Crippen LogP) is 4.39. The van der Waals surface area contributed by atoms with Gasteiger partial charge in [0.25, 0.3) is 0 Å². The van der Waals surface area contributed by atoms with Crippen molar-refractivity contribution in [3.63, 3.8) is 0 Å². The Balaban J connectivity index is 2.35. The van der Waals surface area contributed by atoms with E-state index >= 15 is 0 Å². The van der Waals surface area contributed by atoms with E-state index in [-0.39, 0.29) is 5.57 Å². The monoisotopic (exact) mass is 298 g/mol. The van der Waals surface area contributed by atoms with Crippen molar-refractivity contribution in [2.24, 2.45) is 0 Å². The molecule has 6 heteroatoms. The van der Waals surface area contributed by atoms with E-state index in [1.807, 2.05) is 0 Å². The first-order valence-electron chi connectivity index (χ1n) is 5.54. The lowest BCUT2D eigenvalue weighted by Crippen LogP contribution is -2.04. The zero-order chi connectivity index (χ0) is 14.8. The Morgan fingerprint density at radius 3 is 2.25 bits per heavy atom. The molecule has 2 nitrogen and oxygen atoms in total. The molecule has 0 aliphatic heterocycles. The van der Waals surface area contributed by atoms with E-state index in [1.165, 1.54) is 29.5 Å². The van der Waals surface area contributed by atoms with Crippen molar-refractivity contribution in [2.75, 3.05) is 0 Å². The number of carboxylic acid groups (broad SMARTS) is 1. The van der Waals surface area contributed by atoms with E-state index < -0.39 is 17.7 Å². The van der Waals surface area contributed by atoms with Crippen molar-refractivity contribution in [2.45, 2.75) is 6.18 Å². The number of carbonyl (C=O) groups is 1. The minimum atomic E-state index is -4.40. The van der Waals surface area contributed by atoms with E-state index in [0.717, 1.165) is 12.1 Å². The van der Waals surface area contributed by atoms with Crippen molar-refractivity contribution in [3.05, 3.63) is 57.8 Å². The van der Waals surface area contributed by atoms with Gasteiger partial charge < -0.3 is 5.11 Å². The highest BCUT2D eigenvalue weighted by Gasteiger charge is 2.29. The molecule has 0 saturated carbocycles. The summed E-state index contributed by atoms with van der Waals surface area (Å²) in [5.74, 6) is -1.12. The summed E-state index contributed by atoms with van der Waals surface area (Å²) in [4.78, 5) is 11.7. The summed E-state index contributed by atoms with van der Waals surface area (Å²) in [6.07, 6.45) is -3.04. The molecule has 1 aromatic carbocycles. The summed E-state index contributed by atoms with van der Waals surface area (Å²) >= 11 is 1.26. The maximum Gasteiger partial charge on any atom is 0.416 e. The number of rotatable bonds is 3. The zero-order valence-electron chi connectivity index (χ0n) is 10.0. The normalized spacial score (nSPS) is 12.4. The van der Waals surface area contributed by atoms with Crippen LogP contribution in [0.15, 0.2) is 41.8 Å². The molecule has 104 valence electrons. The highest BCUT2D eigenvalue weighted by Crippen LogP contribution is 2.30. The van der Waals surface area contributed by atoms with Gasteiger partial charge in [0.1, 0.15) is 0 Å². The number of thiophene rings is 1. The maximum absolute atomic E-state index is 12.4. The lowest BCUT2D eigenvalue weighted by Gasteiger charge is -2.06. The van der Waals surface area contributed by atoms with Crippen LogP contribution >= 0.6 is 11.3 Å². The number of carboxylic acids is 1. The molecule has 1 N–H and O–H groups in total. The minimum absolute atomic E-state index is 0.0553. The molecule has 1 heterocycles. The maximum atomic E-state index is 12.4. The molecule has 0 amide bonds. The molecule has 0 radical (unpaired) electrons. The van der Waals surface area contributed by atoms with E-state index in [0.29, 0.717) is 10.4 Å². The van der Waals surface area contributed by atoms with Gasteiger partial charge in [0, 0.05) is 4.88 Å². The molecular weight excluding hydrogens is 289 g/mol. The van der Waals surface area contributed by atoms with Gasteiger partial charge in [0.15, 0.2) is 0 Å². The van der Waals surface area contributed by atoms with Gasteiger partial charge >= 0.3 is 12.1 Å². The van der Waals surface area contributed by atoms with Gasteiger partial charge in [0.05, 0.1) is 11.1 Å². The second kappa shape index (κ2) is 5.50. The van der Waals surface area contributed by atoms with Gasteiger partial charge in [-0.1, -0.05) is 18.2 Å². The van der Waals surface area contributed by atoms with Gasteiger partial charge in [-0.15, -0.1) is 11.3 Å². The number of alkyl halides is 3. The highest BCUT2D eigenvalue weighted by atomic mass is 32.1. The molecule has 2 rings (SSSR count). The Morgan fingerprint density at radius 2 is 1.80 bits per heavy atom. The third kappa shape index (κ3) is 3.27. The van der Waals surface area contributed by atoms with Crippen LogP contribution in [-0.4, -0.2) is 11.1 Å². The van der Waals surface area contributed by atoms with E-state index in [4.69, 9.17) is 5.11 Å². The fourth-order valence-corrected chi connectivity index (χ4v) is 2.34. The third-order valence-electron chi connectivity index (χ3n) is 2.57. The number of hydrogen-bond donors (Lipinski definition) is 1. The van der Waals surface area contributed by atoms with Crippen molar-refractivity contribution in [1.82, 2.24) is 0 Å². The number of hydrogen-bond acceptors (Lipinski definition) is 2. The molecular formula is C14H9F3O2S. The summed E-state index contributed by atoms with van der Waals surface area (Å²) in [6.45, 7) is 0. The summed E-state index contributed by atoms with van der Waals surface area (Å²) in [5.41, 5.74) is -0.300. The molecule has 0 aliphatic carbocycles. The standard InChI is InChI=1S/C14H9F3O2S/c15-14(16,17)10-5-3-9(4-6-10)8-11(13(18)19)12-2-1-7-20-12/h1-8H,(H,18,19). The summed E-state index contributed by atoms with van der Waals surface area (Å²) < 4.78 is 37.3. The molecule has 0 fully saturated rings. The van der Waals surface area contributed by atoms with Crippen LogP contribution in [0, 0.1) is 0 Å². The van der Waals surface area contributed by atoms with E-state index in [2.05, 4.69) is 0 Å². The van der Waals surface area contributed by atoms with Crippen LogP contribution in [0.1, 0.15) is 16.0 Å². The molecule has 20 heavy (non-hydrogen) atoms. The van der Waals surface area contributed by atoms with E-state index in [1.54, 1.807) is 17.5 Å². The fraction of sp³-hybridized carbons (Fsp3) is 0.0714. The summed E-state index contributed by atoms with van der Waals surface area (Å²) in [5, 5.41) is 10.9.